The van der Waals surface area contributed by atoms with Crippen molar-refractivity contribution < 1.29 is 14.3 Å². The first-order valence-electron chi connectivity index (χ1n) is 7.28. The van der Waals surface area contributed by atoms with Crippen molar-refractivity contribution in [2.45, 2.75) is 53.2 Å². The molecule has 0 aliphatic carbocycles. The number of carbonyl (C=O) groups is 2. The van der Waals surface area contributed by atoms with Gasteiger partial charge < -0.3 is 9.64 Å². The first kappa shape index (κ1) is 15.5. The van der Waals surface area contributed by atoms with E-state index in [0.717, 1.165) is 35.0 Å². The van der Waals surface area contributed by atoms with E-state index in [0.29, 0.717) is 13.1 Å². The maximum atomic E-state index is 12.2. The minimum Gasteiger partial charge on any atom is -0.444 e. The Morgan fingerprint density at radius 3 is 2.52 bits per heavy atom. The van der Waals surface area contributed by atoms with E-state index in [1.807, 2.05) is 40.7 Å². The maximum Gasteiger partial charge on any atom is 0.410 e. The van der Waals surface area contributed by atoms with Crippen LogP contribution < -0.4 is 0 Å². The highest BCUT2D eigenvalue weighted by molar-refractivity contribution is 5.79. The van der Waals surface area contributed by atoms with E-state index in [1.165, 1.54) is 5.56 Å². The van der Waals surface area contributed by atoms with E-state index in [2.05, 4.69) is 0 Å². The molecule has 0 saturated carbocycles. The van der Waals surface area contributed by atoms with E-state index in [1.54, 1.807) is 4.90 Å². The largest absolute Gasteiger partial charge is 0.444 e. The summed E-state index contributed by atoms with van der Waals surface area (Å²) in [5, 5.41) is 0. The molecule has 0 N–H and O–H groups in total. The summed E-state index contributed by atoms with van der Waals surface area (Å²) in [6.07, 6.45) is 1.40. The number of rotatable bonds is 1. The maximum absolute atomic E-state index is 12.2. The SMILES string of the molecule is Cc1cc(C=O)c(C)c2c1CN(C(=O)OC(C)(C)C)CC2. The molecule has 0 bridgehead atoms. The number of hydrogen-bond acceptors (Lipinski definition) is 3. The number of carbonyl (C=O) groups excluding carboxylic acids is 2. The minimum absolute atomic E-state index is 0.273. The van der Waals surface area contributed by atoms with Gasteiger partial charge in [0.1, 0.15) is 11.9 Å². The third kappa shape index (κ3) is 3.26. The Bertz CT molecular complexity index is 585. The fourth-order valence-electron chi connectivity index (χ4n) is 2.75. The predicted octanol–water partition coefficient (Wildman–Crippen LogP) is 3.41. The van der Waals surface area contributed by atoms with Gasteiger partial charge in [-0.05, 0) is 69.4 Å². The lowest BCUT2D eigenvalue weighted by atomic mass is 9.89. The molecule has 0 radical (unpaired) electrons. The molecule has 0 spiro atoms. The van der Waals surface area contributed by atoms with Gasteiger partial charge in [0, 0.05) is 18.7 Å². The Hall–Kier alpha value is -1.84. The van der Waals surface area contributed by atoms with Crippen LogP contribution in [0.1, 0.15) is 53.4 Å². The van der Waals surface area contributed by atoms with Crippen LogP contribution in [0, 0.1) is 13.8 Å². The molecule has 2 rings (SSSR count). The standard InChI is InChI=1S/C17H23NO3/c1-11-8-13(10-19)12(2)14-6-7-18(9-15(11)14)16(20)21-17(3,4)5/h8,10H,6-7,9H2,1-5H3. The number of nitrogens with zero attached hydrogens (tertiary/aromatic N) is 1. The number of hydrogen-bond donors (Lipinski definition) is 0. The molecule has 1 heterocycles. The summed E-state index contributed by atoms with van der Waals surface area (Å²) >= 11 is 0. The Morgan fingerprint density at radius 2 is 1.95 bits per heavy atom. The Kier molecular flexibility index (Phi) is 4.08. The van der Waals surface area contributed by atoms with Crippen molar-refractivity contribution in [3.8, 4) is 0 Å². The Balaban J connectivity index is 2.27. The highest BCUT2D eigenvalue weighted by atomic mass is 16.6. The monoisotopic (exact) mass is 289 g/mol. The number of aldehydes is 1. The van der Waals surface area contributed by atoms with Gasteiger partial charge in [0.2, 0.25) is 0 Å². The summed E-state index contributed by atoms with van der Waals surface area (Å²) in [6.45, 7) is 10.8. The van der Waals surface area contributed by atoms with Crippen LogP contribution in [0.25, 0.3) is 0 Å². The van der Waals surface area contributed by atoms with Gasteiger partial charge in [-0.15, -0.1) is 0 Å². The van der Waals surface area contributed by atoms with Crippen LogP contribution in [-0.2, 0) is 17.7 Å². The summed E-state index contributed by atoms with van der Waals surface area (Å²) in [5.74, 6) is 0. The Morgan fingerprint density at radius 1 is 1.29 bits per heavy atom. The zero-order chi connectivity index (χ0) is 15.8. The molecule has 4 heteroatoms. The van der Waals surface area contributed by atoms with Crippen LogP contribution in [0.4, 0.5) is 4.79 Å². The molecule has 0 saturated heterocycles. The summed E-state index contributed by atoms with van der Waals surface area (Å²) in [5.41, 5.74) is 4.72. The lowest BCUT2D eigenvalue weighted by Gasteiger charge is -2.33. The van der Waals surface area contributed by atoms with Gasteiger partial charge in [0.05, 0.1) is 0 Å². The summed E-state index contributed by atoms with van der Waals surface area (Å²) in [7, 11) is 0. The number of ether oxygens (including phenoxy) is 1. The van der Waals surface area contributed by atoms with Crippen LogP contribution in [-0.4, -0.2) is 29.4 Å². The van der Waals surface area contributed by atoms with E-state index >= 15 is 0 Å². The van der Waals surface area contributed by atoms with Crippen molar-refractivity contribution in [3.05, 3.63) is 33.9 Å². The fourth-order valence-corrected chi connectivity index (χ4v) is 2.75. The van der Waals surface area contributed by atoms with Crippen molar-refractivity contribution in [1.82, 2.24) is 4.90 Å². The molecule has 0 unspecified atom stereocenters. The first-order chi connectivity index (χ1) is 9.73. The minimum atomic E-state index is -0.482. The average molecular weight is 289 g/mol. The number of fused-ring (bicyclic) bond motifs is 1. The second-order valence-corrected chi connectivity index (χ2v) is 6.63. The van der Waals surface area contributed by atoms with Crippen molar-refractivity contribution in [1.29, 1.82) is 0 Å². The van der Waals surface area contributed by atoms with Crippen molar-refractivity contribution in [2.75, 3.05) is 6.54 Å². The van der Waals surface area contributed by atoms with Gasteiger partial charge in [0.25, 0.3) is 0 Å². The van der Waals surface area contributed by atoms with E-state index < -0.39 is 5.60 Å². The van der Waals surface area contributed by atoms with E-state index in [9.17, 15) is 9.59 Å². The molecule has 21 heavy (non-hydrogen) atoms. The molecular weight excluding hydrogens is 266 g/mol. The van der Waals surface area contributed by atoms with Gasteiger partial charge in [-0.2, -0.15) is 0 Å². The lowest BCUT2D eigenvalue weighted by Crippen LogP contribution is -2.40. The predicted molar refractivity (Wildman–Crippen MR) is 81.7 cm³/mol. The third-order valence-corrected chi connectivity index (χ3v) is 3.86. The molecule has 114 valence electrons. The van der Waals surface area contributed by atoms with Crippen LogP contribution in [0.15, 0.2) is 6.07 Å². The molecule has 1 aliphatic rings. The first-order valence-corrected chi connectivity index (χ1v) is 7.28. The van der Waals surface area contributed by atoms with Crippen LogP contribution in [0.2, 0.25) is 0 Å². The summed E-state index contributed by atoms with van der Waals surface area (Å²) in [6, 6.07) is 1.90. The molecule has 0 fully saturated rings. The second-order valence-electron chi connectivity index (χ2n) is 6.63. The van der Waals surface area contributed by atoms with E-state index in [-0.39, 0.29) is 6.09 Å². The topological polar surface area (TPSA) is 46.6 Å². The van der Waals surface area contributed by atoms with Crippen molar-refractivity contribution in [2.24, 2.45) is 0 Å². The quantitative estimate of drug-likeness (QED) is 0.744. The van der Waals surface area contributed by atoms with Gasteiger partial charge in [-0.3, -0.25) is 4.79 Å². The fraction of sp³-hybridized carbons (Fsp3) is 0.529. The molecule has 1 aromatic rings. The zero-order valence-corrected chi connectivity index (χ0v) is 13.4. The van der Waals surface area contributed by atoms with Crippen molar-refractivity contribution >= 4 is 12.4 Å². The van der Waals surface area contributed by atoms with E-state index in [4.69, 9.17) is 4.74 Å². The van der Waals surface area contributed by atoms with Crippen LogP contribution in [0.3, 0.4) is 0 Å². The molecule has 0 aromatic heterocycles. The van der Waals surface area contributed by atoms with Gasteiger partial charge >= 0.3 is 6.09 Å². The zero-order valence-electron chi connectivity index (χ0n) is 13.4. The second kappa shape index (κ2) is 5.51. The molecule has 4 nitrogen and oxygen atoms in total. The molecule has 1 amide bonds. The third-order valence-electron chi connectivity index (χ3n) is 3.86. The van der Waals surface area contributed by atoms with Crippen LogP contribution >= 0.6 is 0 Å². The molecular formula is C17H23NO3. The smallest absolute Gasteiger partial charge is 0.410 e. The number of amides is 1. The normalized spacial score (nSPS) is 14.6. The highest BCUT2D eigenvalue weighted by Gasteiger charge is 2.27. The number of benzene rings is 1. The summed E-state index contributed by atoms with van der Waals surface area (Å²) in [4.78, 5) is 25.0. The average Bonchev–Trinajstić information content (AvgIpc) is 2.40. The van der Waals surface area contributed by atoms with Gasteiger partial charge in [-0.1, -0.05) is 0 Å². The van der Waals surface area contributed by atoms with Gasteiger partial charge in [0.15, 0.2) is 0 Å². The molecule has 0 atom stereocenters. The van der Waals surface area contributed by atoms with Crippen molar-refractivity contribution in [3.63, 3.8) is 0 Å². The summed E-state index contributed by atoms with van der Waals surface area (Å²) < 4.78 is 5.44. The lowest BCUT2D eigenvalue weighted by molar-refractivity contribution is 0.0223. The molecule has 1 aromatic carbocycles. The number of aryl methyl sites for hydroxylation is 1. The highest BCUT2D eigenvalue weighted by Crippen LogP contribution is 2.28. The van der Waals surface area contributed by atoms with Gasteiger partial charge in [-0.25, -0.2) is 4.79 Å². The molecule has 1 aliphatic heterocycles. The Labute approximate surface area is 126 Å². The van der Waals surface area contributed by atoms with Crippen LogP contribution in [0.5, 0.6) is 0 Å².